The molecule has 0 aliphatic heterocycles. The molecule has 0 fully saturated rings. The van der Waals surface area contributed by atoms with Crippen LogP contribution in [-0.2, 0) is 17.5 Å². The van der Waals surface area contributed by atoms with Gasteiger partial charge in [-0.2, -0.15) is 13.2 Å². The van der Waals surface area contributed by atoms with Crippen LogP contribution in [-0.4, -0.2) is 12.4 Å². The molecule has 0 aliphatic carbocycles. The molecule has 2 rings (SSSR count). The van der Waals surface area contributed by atoms with Gasteiger partial charge in [0.2, 0.25) is 0 Å². The van der Waals surface area contributed by atoms with E-state index in [2.05, 4.69) is 0 Å². The van der Waals surface area contributed by atoms with Crippen LogP contribution < -0.4 is 0 Å². The third kappa shape index (κ3) is 4.16. The summed E-state index contributed by atoms with van der Waals surface area (Å²) in [6, 6.07) is 13.8. The van der Waals surface area contributed by atoms with Gasteiger partial charge in [-0.15, -0.1) is 0 Å². The van der Waals surface area contributed by atoms with Crippen molar-refractivity contribution in [2.45, 2.75) is 12.8 Å². The van der Waals surface area contributed by atoms with E-state index in [0.29, 0.717) is 0 Å². The van der Waals surface area contributed by atoms with Gasteiger partial charge in [-0.05, 0) is 11.6 Å². The fourth-order valence-corrected chi connectivity index (χ4v) is 1.89. The fourth-order valence-electron chi connectivity index (χ4n) is 1.89. The first kappa shape index (κ1) is 15.3. The lowest BCUT2D eigenvalue weighted by atomic mass is 10.0. The van der Waals surface area contributed by atoms with Crippen molar-refractivity contribution in [3.8, 4) is 0 Å². The molecule has 0 radical (unpaired) electrons. The Bertz CT molecular complexity index is 606. The van der Waals surface area contributed by atoms with Crippen LogP contribution in [0.4, 0.5) is 13.2 Å². The minimum Gasteiger partial charge on any atom is -0.369 e. The summed E-state index contributed by atoms with van der Waals surface area (Å²) in [4.78, 5) is 11.9. The highest BCUT2D eigenvalue weighted by molar-refractivity contribution is 5.98. The Labute approximate surface area is 120 Å². The first-order valence-corrected chi connectivity index (χ1v) is 6.29. The summed E-state index contributed by atoms with van der Waals surface area (Å²) in [6.07, 6.45) is -4.55. The molecule has 0 N–H and O–H groups in total. The van der Waals surface area contributed by atoms with E-state index >= 15 is 0 Å². The van der Waals surface area contributed by atoms with Gasteiger partial charge in [0.25, 0.3) is 0 Å². The SMILES string of the molecule is O=C(COCc1ccccc1)c1ccccc1C(F)(F)F. The Balaban J connectivity index is 2.01. The normalized spacial score (nSPS) is 11.4. The third-order valence-electron chi connectivity index (χ3n) is 2.88. The highest BCUT2D eigenvalue weighted by Gasteiger charge is 2.34. The molecule has 2 aromatic carbocycles. The van der Waals surface area contributed by atoms with Crippen LogP contribution in [0.3, 0.4) is 0 Å². The van der Waals surface area contributed by atoms with Crippen LogP contribution in [0.1, 0.15) is 21.5 Å². The van der Waals surface area contributed by atoms with Crippen molar-refractivity contribution < 1.29 is 22.7 Å². The van der Waals surface area contributed by atoms with Crippen molar-refractivity contribution in [3.05, 3.63) is 71.3 Å². The second-order valence-corrected chi connectivity index (χ2v) is 4.44. The number of Topliss-reactive ketones (excluding diaryl/α,β-unsaturated/α-hetero) is 1. The van der Waals surface area contributed by atoms with Crippen molar-refractivity contribution in [3.63, 3.8) is 0 Å². The minimum absolute atomic E-state index is 0.181. The number of benzene rings is 2. The first-order valence-electron chi connectivity index (χ1n) is 6.29. The Kier molecular flexibility index (Phi) is 4.75. The topological polar surface area (TPSA) is 26.3 Å². The lowest BCUT2D eigenvalue weighted by Crippen LogP contribution is -2.16. The molecule has 0 spiro atoms. The predicted octanol–water partition coefficient (Wildman–Crippen LogP) is 4.10. The van der Waals surface area contributed by atoms with Crippen molar-refractivity contribution in [2.24, 2.45) is 0 Å². The van der Waals surface area contributed by atoms with Gasteiger partial charge in [0, 0.05) is 5.56 Å². The zero-order valence-corrected chi connectivity index (χ0v) is 11.1. The van der Waals surface area contributed by atoms with E-state index in [9.17, 15) is 18.0 Å². The quantitative estimate of drug-likeness (QED) is 0.776. The Morgan fingerprint density at radius 1 is 0.952 bits per heavy atom. The molecule has 0 atom stereocenters. The lowest BCUT2D eigenvalue weighted by molar-refractivity contribution is -0.137. The summed E-state index contributed by atoms with van der Waals surface area (Å²) in [7, 11) is 0. The maximum atomic E-state index is 12.8. The van der Waals surface area contributed by atoms with Crippen LogP contribution in [0.2, 0.25) is 0 Å². The van der Waals surface area contributed by atoms with Gasteiger partial charge < -0.3 is 4.74 Å². The molecule has 0 aliphatic rings. The standard InChI is InChI=1S/C16H13F3O2/c17-16(18,19)14-9-5-4-8-13(14)15(20)11-21-10-12-6-2-1-3-7-12/h1-9H,10-11H2. The zero-order valence-electron chi connectivity index (χ0n) is 11.1. The molecule has 0 amide bonds. The van der Waals surface area contributed by atoms with E-state index < -0.39 is 17.5 Å². The molecule has 0 saturated carbocycles. The highest BCUT2D eigenvalue weighted by atomic mass is 19.4. The molecule has 2 aromatic rings. The number of alkyl halides is 3. The summed E-state index contributed by atoms with van der Waals surface area (Å²) in [5.41, 5.74) is -0.439. The molecule has 21 heavy (non-hydrogen) atoms. The number of rotatable bonds is 5. The molecule has 0 heterocycles. The van der Waals surface area contributed by atoms with Crippen molar-refractivity contribution in [2.75, 3.05) is 6.61 Å². The van der Waals surface area contributed by atoms with Gasteiger partial charge in [0.15, 0.2) is 5.78 Å². The molecule has 110 valence electrons. The molecular formula is C16H13F3O2. The fraction of sp³-hybridized carbons (Fsp3) is 0.188. The molecule has 0 aromatic heterocycles. The summed E-state index contributed by atoms with van der Waals surface area (Å²) >= 11 is 0. The van der Waals surface area contributed by atoms with Crippen LogP contribution in [0.5, 0.6) is 0 Å². The van der Waals surface area contributed by atoms with Crippen molar-refractivity contribution in [1.29, 1.82) is 0 Å². The van der Waals surface area contributed by atoms with Gasteiger partial charge in [0.05, 0.1) is 12.2 Å². The van der Waals surface area contributed by atoms with E-state index in [4.69, 9.17) is 4.74 Å². The summed E-state index contributed by atoms with van der Waals surface area (Å²) < 4.78 is 43.6. The monoisotopic (exact) mass is 294 g/mol. The smallest absolute Gasteiger partial charge is 0.369 e. The van der Waals surface area contributed by atoms with Gasteiger partial charge in [-0.1, -0.05) is 48.5 Å². The number of carbonyl (C=O) groups excluding carboxylic acids is 1. The molecule has 0 unspecified atom stereocenters. The Hall–Kier alpha value is -2.14. The molecule has 2 nitrogen and oxygen atoms in total. The summed E-state index contributed by atoms with van der Waals surface area (Å²) in [6.45, 7) is -0.206. The molecule has 0 bridgehead atoms. The maximum absolute atomic E-state index is 12.8. The van der Waals surface area contributed by atoms with Gasteiger partial charge in [-0.3, -0.25) is 4.79 Å². The number of hydrogen-bond acceptors (Lipinski definition) is 2. The van der Waals surface area contributed by atoms with E-state index in [1.807, 2.05) is 30.3 Å². The maximum Gasteiger partial charge on any atom is 0.417 e. The molecule has 0 saturated heterocycles. The van der Waals surface area contributed by atoms with E-state index in [1.54, 1.807) is 0 Å². The zero-order chi connectivity index (χ0) is 15.3. The van der Waals surface area contributed by atoms with Crippen LogP contribution >= 0.6 is 0 Å². The second kappa shape index (κ2) is 6.54. The molecular weight excluding hydrogens is 281 g/mol. The van der Waals surface area contributed by atoms with E-state index in [0.717, 1.165) is 17.7 Å². The summed E-state index contributed by atoms with van der Waals surface area (Å²) in [5.74, 6) is -0.682. The van der Waals surface area contributed by atoms with E-state index in [1.165, 1.54) is 12.1 Å². The predicted molar refractivity (Wildman–Crippen MR) is 71.9 cm³/mol. The third-order valence-corrected chi connectivity index (χ3v) is 2.88. The summed E-state index contributed by atoms with van der Waals surface area (Å²) in [5, 5.41) is 0. The number of ketones is 1. The van der Waals surface area contributed by atoms with Crippen molar-refractivity contribution in [1.82, 2.24) is 0 Å². The average Bonchev–Trinajstić information content (AvgIpc) is 2.47. The Morgan fingerprint density at radius 2 is 1.57 bits per heavy atom. The van der Waals surface area contributed by atoms with Crippen LogP contribution in [0, 0.1) is 0 Å². The lowest BCUT2D eigenvalue weighted by Gasteiger charge is -2.11. The van der Waals surface area contributed by atoms with Gasteiger partial charge in [-0.25, -0.2) is 0 Å². The Morgan fingerprint density at radius 3 is 2.24 bits per heavy atom. The number of carbonyl (C=O) groups is 1. The minimum atomic E-state index is -4.55. The van der Waals surface area contributed by atoms with Gasteiger partial charge >= 0.3 is 6.18 Å². The number of halogens is 3. The van der Waals surface area contributed by atoms with E-state index in [-0.39, 0.29) is 18.8 Å². The highest BCUT2D eigenvalue weighted by Crippen LogP contribution is 2.32. The first-order chi connectivity index (χ1) is 9.98. The van der Waals surface area contributed by atoms with Crippen LogP contribution in [0.15, 0.2) is 54.6 Å². The number of hydrogen-bond donors (Lipinski definition) is 0. The largest absolute Gasteiger partial charge is 0.417 e. The van der Waals surface area contributed by atoms with Gasteiger partial charge in [0.1, 0.15) is 6.61 Å². The van der Waals surface area contributed by atoms with Crippen molar-refractivity contribution >= 4 is 5.78 Å². The average molecular weight is 294 g/mol. The number of ether oxygens (including phenoxy) is 1. The molecule has 5 heteroatoms. The van der Waals surface area contributed by atoms with Crippen LogP contribution in [0.25, 0.3) is 0 Å². The second-order valence-electron chi connectivity index (χ2n) is 4.44.